The van der Waals surface area contributed by atoms with Crippen LogP contribution in [0.3, 0.4) is 0 Å². The molecule has 184 valence electrons. The van der Waals surface area contributed by atoms with Gasteiger partial charge in [0, 0.05) is 32.1 Å². The lowest BCUT2D eigenvalue weighted by atomic mass is 9.94. The average Bonchev–Trinajstić information content (AvgIpc) is 2.84. The number of nitrogens with zero attached hydrogens (tertiary/aromatic N) is 2. The van der Waals surface area contributed by atoms with E-state index >= 15 is 0 Å². The van der Waals surface area contributed by atoms with Gasteiger partial charge in [-0.2, -0.15) is 0 Å². The van der Waals surface area contributed by atoms with E-state index in [4.69, 9.17) is 0 Å². The number of carbonyl (C=O) groups is 2. The van der Waals surface area contributed by atoms with E-state index in [-0.39, 0.29) is 17.7 Å². The first kappa shape index (κ1) is 27.1. The van der Waals surface area contributed by atoms with Gasteiger partial charge >= 0.3 is 0 Å². The average molecular weight is 456 g/mol. The molecule has 1 heterocycles. The van der Waals surface area contributed by atoms with E-state index in [0.29, 0.717) is 19.0 Å². The number of piperidine rings is 1. The third kappa shape index (κ3) is 8.62. The third-order valence-electron chi connectivity index (χ3n) is 6.80. The van der Waals surface area contributed by atoms with Crippen LogP contribution in [0.4, 0.5) is 0 Å². The molecule has 1 saturated heterocycles. The largest absolute Gasteiger partial charge is 0.341 e. The van der Waals surface area contributed by atoms with Crippen molar-refractivity contribution in [3.8, 4) is 0 Å². The fourth-order valence-corrected chi connectivity index (χ4v) is 4.59. The van der Waals surface area contributed by atoms with E-state index in [1.165, 1.54) is 0 Å². The molecule has 0 unspecified atom stereocenters. The number of unbranched alkanes of at least 4 members (excludes halogenated alkanes) is 2. The standard InChI is InChI=1S/C28H45N3O2/c1-5-8-10-17-26(32)31(20-13-16-24-14-11-9-12-15-24)27(23(4)6-2)28(33)30-21-18-25(19-22-30)29-7-3/h9,11-16,23,25,27,29H,5-8,10,17-22H2,1-4H3/t23-,27-/m0/s1. The van der Waals surface area contributed by atoms with Crippen LogP contribution in [-0.2, 0) is 9.59 Å². The molecular weight excluding hydrogens is 410 g/mol. The van der Waals surface area contributed by atoms with E-state index in [0.717, 1.165) is 63.7 Å². The van der Waals surface area contributed by atoms with Crippen molar-refractivity contribution in [2.45, 2.75) is 84.7 Å². The minimum Gasteiger partial charge on any atom is -0.341 e. The molecule has 33 heavy (non-hydrogen) atoms. The Balaban J connectivity index is 2.20. The number of likely N-dealkylation sites (tertiary alicyclic amines) is 1. The Hall–Kier alpha value is -2.14. The third-order valence-corrected chi connectivity index (χ3v) is 6.80. The number of hydrogen-bond donors (Lipinski definition) is 1. The SMILES string of the molecule is CCCCCC(=O)N(CC=Cc1ccccc1)[C@H](C(=O)N1CCC(NCC)CC1)[C@@H](C)CC. The minimum absolute atomic E-state index is 0.0994. The maximum atomic E-state index is 13.8. The Kier molecular flexibility index (Phi) is 12.2. The second-order valence-electron chi connectivity index (χ2n) is 9.30. The lowest BCUT2D eigenvalue weighted by Gasteiger charge is -2.40. The summed E-state index contributed by atoms with van der Waals surface area (Å²) in [5, 5.41) is 3.51. The number of carbonyl (C=O) groups excluding carboxylic acids is 2. The van der Waals surface area contributed by atoms with Crippen LogP contribution in [0.15, 0.2) is 36.4 Å². The van der Waals surface area contributed by atoms with Gasteiger partial charge in [0.1, 0.15) is 6.04 Å². The van der Waals surface area contributed by atoms with Crippen molar-refractivity contribution in [2.75, 3.05) is 26.2 Å². The van der Waals surface area contributed by atoms with E-state index < -0.39 is 6.04 Å². The van der Waals surface area contributed by atoms with Crippen LogP contribution in [-0.4, -0.2) is 59.9 Å². The molecule has 2 rings (SSSR count). The van der Waals surface area contributed by atoms with Crippen molar-refractivity contribution >= 4 is 17.9 Å². The number of rotatable bonds is 13. The van der Waals surface area contributed by atoms with Gasteiger partial charge in [-0.25, -0.2) is 0 Å². The quantitative estimate of drug-likeness (QED) is 0.420. The van der Waals surface area contributed by atoms with Gasteiger partial charge in [-0.1, -0.05) is 89.4 Å². The molecule has 0 bridgehead atoms. The van der Waals surface area contributed by atoms with Crippen molar-refractivity contribution < 1.29 is 9.59 Å². The number of nitrogens with one attached hydrogen (secondary N) is 1. The van der Waals surface area contributed by atoms with Gasteiger partial charge in [-0.3, -0.25) is 9.59 Å². The van der Waals surface area contributed by atoms with E-state index in [2.05, 4.69) is 45.1 Å². The van der Waals surface area contributed by atoms with Crippen LogP contribution < -0.4 is 5.32 Å². The first-order valence-corrected chi connectivity index (χ1v) is 13.0. The van der Waals surface area contributed by atoms with Crippen molar-refractivity contribution in [2.24, 2.45) is 5.92 Å². The Morgan fingerprint density at radius 3 is 2.42 bits per heavy atom. The highest BCUT2D eigenvalue weighted by molar-refractivity contribution is 5.88. The summed E-state index contributed by atoms with van der Waals surface area (Å²) >= 11 is 0. The molecule has 1 N–H and O–H groups in total. The molecule has 0 aromatic heterocycles. The van der Waals surface area contributed by atoms with Crippen LogP contribution in [0.5, 0.6) is 0 Å². The summed E-state index contributed by atoms with van der Waals surface area (Å²) in [7, 11) is 0. The Bertz CT molecular complexity index is 726. The fraction of sp³-hybridized carbons (Fsp3) is 0.643. The number of amides is 2. The van der Waals surface area contributed by atoms with Crippen LogP contribution in [0.1, 0.15) is 78.2 Å². The number of hydrogen-bond acceptors (Lipinski definition) is 3. The summed E-state index contributed by atoms with van der Waals surface area (Å²) < 4.78 is 0. The molecule has 2 atom stereocenters. The predicted octanol–water partition coefficient (Wildman–Crippen LogP) is 5.12. The van der Waals surface area contributed by atoms with Gasteiger partial charge in [0.25, 0.3) is 0 Å². The van der Waals surface area contributed by atoms with Crippen LogP contribution in [0.2, 0.25) is 0 Å². The molecule has 1 fully saturated rings. The topological polar surface area (TPSA) is 52.7 Å². The van der Waals surface area contributed by atoms with Crippen molar-refractivity contribution in [3.05, 3.63) is 42.0 Å². The maximum absolute atomic E-state index is 13.8. The monoisotopic (exact) mass is 455 g/mol. The highest BCUT2D eigenvalue weighted by atomic mass is 16.2. The summed E-state index contributed by atoms with van der Waals surface area (Å²) in [5.74, 6) is 0.336. The molecule has 5 heteroatoms. The lowest BCUT2D eigenvalue weighted by molar-refractivity contribution is -0.148. The molecule has 0 radical (unpaired) electrons. The van der Waals surface area contributed by atoms with Gasteiger partial charge in [-0.05, 0) is 37.3 Å². The summed E-state index contributed by atoms with van der Waals surface area (Å²) in [6.45, 7) is 11.5. The van der Waals surface area contributed by atoms with Gasteiger partial charge in [-0.15, -0.1) is 0 Å². The van der Waals surface area contributed by atoms with Gasteiger partial charge in [0.2, 0.25) is 11.8 Å². The highest BCUT2D eigenvalue weighted by Crippen LogP contribution is 2.22. The van der Waals surface area contributed by atoms with Crippen LogP contribution >= 0.6 is 0 Å². The zero-order valence-electron chi connectivity index (χ0n) is 21.3. The molecule has 0 aliphatic carbocycles. The molecule has 1 aliphatic heterocycles. The van der Waals surface area contributed by atoms with E-state index in [1.807, 2.05) is 40.2 Å². The molecule has 0 saturated carbocycles. The van der Waals surface area contributed by atoms with Gasteiger partial charge < -0.3 is 15.1 Å². The zero-order valence-corrected chi connectivity index (χ0v) is 21.3. The van der Waals surface area contributed by atoms with Gasteiger partial charge in [0.05, 0.1) is 0 Å². The normalized spacial score (nSPS) is 16.7. The Morgan fingerprint density at radius 2 is 1.82 bits per heavy atom. The van der Waals surface area contributed by atoms with Crippen molar-refractivity contribution in [3.63, 3.8) is 0 Å². The first-order chi connectivity index (χ1) is 16.0. The first-order valence-electron chi connectivity index (χ1n) is 13.0. The van der Waals surface area contributed by atoms with Crippen molar-refractivity contribution in [1.29, 1.82) is 0 Å². The van der Waals surface area contributed by atoms with Crippen LogP contribution in [0, 0.1) is 5.92 Å². The Labute approximate surface area is 201 Å². The molecule has 1 aromatic rings. The summed E-state index contributed by atoms with van der Waals surface area (Å²) in [6, 6.07) is 10.2. The second kappa shape index (κ2) is 14.9. The smallest absolute Gasteiger partial charge is 0.245 e. The molecule has 0 spiro atoms. The number of benzene rings is 1. The molecular formula is C28H45N3O2. The van der Waals surface area contributed by atoms with Gasteiger partial charge in [0.15, 0.2) is 0 Å². The summed E-state index contributed by atoms with van der Waals surface area (Å²) in [4.78, 5) is 31.0. The zero-order chi connectivity index (χ0) is 24.1. The second-order valence-corrected chi connectivity index (χ2v) is 9.30. The van der Waals surface area contributed by atoms with Crippen molar-refractivity contribution in [1.82, 2.24) is 15.1 Å². The Morgan fingerprint density at radius 1 is 1.12 bits per heavy atom. The highest BCUT2D eigenvalue weighted by Gasteiger charge is 2.36. The predicted molar refractivity (Wildman–Crippen MR) is 138 cm³/mol. The summed E-state index contributed by atoms with van der Waals surface area (Å²) in [6.07, 6.45) is 10.4. The maximum Gasteiger partial charge on any atom is 0.245 e. The lowest BCUT2D eigenvalue weighted by Crippen LogP contribution is -2.56. The van der Waals surface area contributed by atoms with E-state index in [1.54, 1.807) is 0 Å². The van der Waals surface area contributed by atoms with E-state index in [9.17, 15) is 9.59 Å². The summed E-state index contributed by atoms with van der Waals surface area (Å²) in [5.41, 5.74) is 1.10. The minimum atomic E-state index is -0.403. The fourth-order valence-electron chi connectivity index (χ4n) is 4.59. The molecule has 2 amide bonds. The van der Waals surface area contributed by atoms with Crippen LogP contribution in [0.25, 0.3) is 6.08 Å². The molecule has 1 aromatic carbocycles. The molecule has 5 nitrogen and oxygen atoms in total. The molecule has 1 aliphatic rings.